The Bertz CT molecular complexity index is 2470. The SMILES string of the molecule is CC(=O)c1cn(CC(=O)N2C[Si](C)(C)C[C@H]2C(=O)Nc2cccc(-c3ccc4c(c3Cl)CNC4=O)c2F)c2ccc(C3(NC(=O)c4ncccn4)CC3)cc12. The van der Waals surface area contributed by atoms with E-state index in [1.54, 1.807) is 46.0 Å². The molecule has 8 rings (SSSR count). The van der Waals surface area contributed by atoms with Crippen LogP contribution in [-0.2, 0) is 28.2 Å². The Hall–Kier alpha value is -5.73. The summed E-state index contributed by atoms with van der Waals surface area (Å²) in [5.74, 6) is -2.22. The maximum absolute atomic E-state index is 16.1. The van der Waals surface area contributed by atoms with Gasteiger partial charge in [-0.05, 0) is 61.7 Å². The topological polar surface area (TPSA) is 155 Å². The van der Waals surface area contributed by atoms with Crippen LogP contribution in [0.15, 0.2) is 73.2 Å². The van der Waals surface area contributed by atoms with Crippen molar-refractivity contribution in [2.45, 2.75) is 63.6 Å². The largest absolute Gasteiger partial charge is 0.348 e. The van der Waals surface area contributed by atoms with E-state index in [0.29, 0.717) is 58.2 Å². The van der Waals surface area contributed by atoms with E-state index in [2.05, 4.69) is 39.0 Å². The second kappa shape index (κ2) is 13.5. The smallest absolute Gasteiger partial charge is 0.289 e. The monoisotopic (exact) mass is 777 g/mol. The zero-order chi connectivity index (χ0) is 38.8. The number of nitrogens with one attached hydrogen (secondary N) is 3. The van der Waals surface area contributed by atoms with Crippen molar-refractivity contribution >= 4 is 65.7 Å². The van der Waals surface area contributed by atoms with Gasteiger partial charge in [-0.2, -0.15) is 0 Å². The summed E-state index contributed by atoms with van der Waals surface area (Å²) < 4.78 is 17.8. The van der Waals surface area contributed by atoms with E-state index in [1.807, 2.05) is 18.2 Å². The molecule has 12 nitrogen and oxygen atoms in total. The zero-order valence-corrected chi connectivity index (χ0v) is 32.1. The minimum absolute atomic E-state index is 0.0498. The minimum Gasteiger partial charge on any atom is -0.348 e. The molecule has 1 atom stereocenters. The molecule has 0 unspecified atom stereocenters. The molecular formula is C40H37ClFN7O5Si. The molecule has 3 aromatic carbocycles. The molecular weight excluding hydrogens is 741 g/mol. The average Bonchev–Trinajstić information content (AvgIpc) is 3.52. The van der Waals surface area contributed by atoms with Crippen molar-refractivity contribution in [3.05, 3.63) is 112 Å². The lowest BCUT2D eigenvalue weighted by atomic mass is 9.99. The van der Waals surface area contributed by atoms with Crippen LogP contribution in [0.5, 0.6) is 0 Å². The number of rotatable bonds is 9. The number of nitrogens with zero attached hydrogens (tertiary/aromatic N) is 4. The van der Waals surface area contributed by atoms with Gasteiger partial charge in [-0.1, -0.05) is 49.0 Å². The van der Waals surface area contributed by atoms with Crippen LogP contribution in [0.25, 0.3) is 22.0 Å². The zero-order valence-electron chi connectivity index (χ0n) is 30.3. The number of ketones is 1. The van der Waals surface area contributed by atoms with Crippen molar-refractivity contribution in [3.8, 4) is 11.1 Å². The van der Waals surface area contributed by atoms with Gasteiger partial charge in [-0.15, -0.1) is 0 Å². The molecule has 15 heteroatoms. The third-order valence-electron chi connectivity index (χ3n) is 10.8. The highest BCUT2D eigenvalue weighted by Gasteiger charge is 2.47. The molecule has 1 aliphatic carbocycles. The van der Waals surface area contributed by atoms with E-state index in [9.17, 15) is 24.0 Å². The number of benzene rings is 3. The normalized spacial score (nSPS) is 17.8. The fraction of sp³-hybridized carbons (Fsp3) is 0.275. The maximum Gasteiger partial charge on any atom is 0.289 e. The number of fused-ring (bicyclic) bond motifs is 2. The first-order chi connectivity index (χ1) is 26.2. The number of Topliss-reactive ketones (excluding diaryl/α,β-unsaturated/α-hetero) is 1. The van der Waals surface area contributed by atoms with Crippen LogP contribution in [0.4, 0.5) is 10.1 Å². The summed E-state index contributed by atoms with van der Waals surface area (Å²) in [4.78, 5) is 75.7. The van der Waals surface area contributed by atoms with Crippen LogP contribution < -0.4 is 16.0 Å². The predicted molar refractivity (Wildman–Crippen MR) is 207 cm³/mol. The van der Waals surface area contributed by atoms with E-state index >= 15 is 4.39 Å². The molecule has 4 heterocycles. The number of carbonyl (C=O) groups is 5. The molecule has 2 aromatic heterocycles. The van der Waals surface area contributed by atoms with E-state index in [-0.39, 0.29) is 58.7 Å². The lowest BCUT2D eigenvalue weighted by molar-refractivity contribution is -0.136. The molecule has 0 radical (unpaired) electrons. The summed E-state index contributed by atoms with van der Waals surface area (Å²) in [6.45, 7) is 5.80. The highest BCUT2D eigenvalue weighted by molar-refractivity contribution is 6.79. The quantitative estimate of drug-likeness (QED) is 0.125. The van der Waals surface area contributed by atoms with Crippen LogP contribution in [0, 0.1) is 5.82 Å². The molecule has 4 amide bonds. The molecule has 0 spiro atoms. The van der Waals surface area contributed by atoms with Crippen molar-refractivity contribution in [2.75, 3.05) is 11.5 Å². The van der Waals surface area contributed by atoms with Gasteiger partial charge in [0.2, 0.25) is 17.6 Å². The van der Waals surface area contributed by atoms with Crippen LogP contribution in [0.2, 0.25) is 24.2 Å². The molecule has 55 heavy (non-hydrogen) atoms. The summed E-state index contributed by atoms with van der Waals surface area (Å²) >= 11 is 6.64. The van der Waals surface area contributed by atoms with Gasteiger partial charge in [0.1, 0.15) is 12.6 Å². The van der Waals surface area contributed by atoms with Gasteiger partial charge in [0.15, 0.2) is 11.6 Å². The van der Waals surface area contributed by atoms with Crippen LogP contribution in [-0.4, -0.2) is 69.1 Å². The second-order valence-electron chi connectivity index (χ2n) is 15.3. The first-order valence-electron chi connectivity index (χ1n) is 18.0. The van der Waals surface area contributed by atoms with Gasteiger partial charge in [-0.3, -0.25) is 24.0 Å². The molecule has 2 fully saturated rings. The highest BCUT2D eigenvalue weighted by atomic mass is 35.5. The predicted octanol–water partition coefficient (Wildman–Crippen LogP) is 5.85. The van der Waals surface area contributed by atoms with E-state index in [0.717, 1.165) is 5.56 Å². The van der Waals surface area contributed by atoms with Crippen molar-refractivity contribution in [3.63, 3.8) is 0 Å². The molecule has 1 saturated heterocycles. The number of aromatic nitrogens is 3. The molecule has 2 aliphatic heterocycles. The van der Waals surface area contributed by atoms with Gasteiger partial charge in [0.05, 0.1) is 24.3 Å². The fourth-order valence-electron chi connectivity index (χ4n) is 7.84. The Morgan fingerprint density at radius 3 is 2.49 bits per heavy atom. The summed E-state index contributed by atoms with van der Waals surface area (Å²) in [6, 6.07) is 14.8. The third kappa shape index (κ3) is 6.58. The standard InChI is InChI=1S/C40H37ClFN7O5Si/c1-22(50)29-18-48(31-11-8-23(16-27(29)31)40(12-13-40)47-39(54)36-43-14-5-15-44-36)19-33(51)49-21-55(2,3)20-32(49)38(53)46-30-7-4-6-25(35(30)42)24-9-10-26-28(34(24)41)17-45-37(26)52/h4-11,14-16,18,32H,12-13,17,19-21H2,1-3H3,(H,45,52)(H,46,53)(H,47,54)/t32-/m0/s1. The minimum atomic E-state index is -2.06. The molecule has 1 saturated carbocycles. The molecule has 5 aromatic rings. The van der Waals surface area contributed by atoms with Crippen molar-refractivity contribution < 1.29 is 28.4 Å². The number of hydrogen-bond donors (Lipinski definition) is 3. The van der Waals surface area contributed by atoms with E-state index in [1.165, 1.54) is 25.4 Å². The van der Waals surface area contributed by atoms with Crippen LogP contribution >= 0.6 is 11.6 Å². The Balaban J connectivity index is 1.03. The van der Waals surface area contributed by atoms with Crippen LogP contribution in [0.3, 0.4) is 0 Å². The number of hydrogen-bond acceptors (Lipinski definition) is 7. The van der Waals surface area contributed by atoms with Gasteiger partial charge < -0.3 is 25.4 Å². The number of carbonyl (C=O) groups excluding carboxylic acids is 5. The summed E-state index contributed by atoms with van der Waals surface area (Å²) in [5, 5.41) is 9.44. The molecule has 3 N–H and O–H groups in total. The molecule has 0 bridgehead atoms. The molecule has 3 aliphatic rings. The fourth-order valence-corrected chi connectivity index (χ4v) is 11.1. The average molecular weight is 778 g/mol. The number of anilines is 1. The van der Waals surface area contributed by atoms with E-state index in [4.69, 9.17) is 11.6 Å². The van der Waals surface area contributed by atoms with Gasteiger partial charge in [0.25, 0.3) is 11.8 Å². The Labute approximate surface area is 321 Å². The van der Waals surface area contributed by atoms with Crippen molar-refractivity contribution in [1.29, 1.82) is 0 Å². The first-order valence-corrected chi connectivity index (χ1v) is 21.8. The lowest BCUT2D eigenvalue weighted by Crippen LogP contribution is -2.44. The van der Waals surface area contributed by atoms with Crippen molar-refractivity contribution in [2.24, 2.45) is 0 Å². The second-order valence-corrected chi connectivity index (χ2v) is 20.7. The number of amides is 4. The summed E-state index contributed by atoms with van der Waals surface area (Å²) in [5.41, 5.74) is 2.86. The number of halogens is 2. The van der Waals surface area contributed by atoms with Crippen molar-refractivity contribution in [1.82, 2.24) is 30.1 Å². The highest BCUT2D eigenvalue weighted by Crippen LogP contribution is 2.47. The molecule has 280 valence electrons. The van der Waals surface area contributed by atoms with Gasteiger partial charge in [-0.25, -0.2) is 14.4 Å². The third-order valence-corrected chi connectivity index (χ3v) is 13.9. The maximum atomic E-state index is 16.1. The van der Waals surface area contributed by atoms with Gasteiger partial charge >= 0.3 is 0 Å². The van der Waals surface area contributed by atoms with Gasteiger partial charge in [0, 0.05) is 70.0 Å². The summed E-state index contributed by atoms with van der Waals surface area (Å²) in [7, 11) is -2.06. The Morgan fingerprint density at radius 1 is 1.02 bits per heavy atom. The van der Waals surface area contributed by atoms with E-state index < -0.39 is 31.4 Å². The Kier molecular flexibility index (Phi) is 8.92. The van der Waals surface area contributed by atoms with Crippen LogP contribution in [0.1, 0.15) is 62.2 Å². The lowest BCUT2D eigenvalue weighted by Gasteiger charge is -2.25. The summed E-state index contributed by atoms with van der Waals surface area (Å²) in [6.07, 6.45) is 6.52. The Morgan fingerprint density at radius 2 is 1.76 bits per heavy atom. The first kappa shape index (κ1) is 36.3.